The van der Waals surface area contributed by atoms with Gasteiger partial charge in [0.25, 0.3) is 0 Å². The van der Waals surface area contributed by atoms with Gasteiger partial charge in [0.05, 0.1) is 12.6 Å². The molecule has 0 saturated carbocycles. The molecule has 1 aliphatic carbocycles. The summed E-state index contributed by atoms with van der Waals surface area (Å²) in [6, 6.07) is 5.63. The van der Waals surface area contributed by atoms with Crippen LogP contribution in [0.3, 0.4) is 0 Å². The van der Waals surface area contributed by atoms with Crippen molar-refractivity contribution >= 4 is 0 Å². The highest BCUT2D eigenvalue weighted by atomic mass is 16.3. The molecule has 0 aliphatic heterocycles. The van der Waals surface area contributed by atoms with Crippen LogP contribution in [-0.4, -0.2) is 11.7 Å². The predicted molar refractivity (Wildman–Crippen MR) is 57.4 cm³/mol. The lowest BCUT2D eigenvalue weighted by molar-refractivity contribution is 0.268. The van der Waals surface area contributed by atoms with E-state index in [0.29, 0.717) is 0 Å². The second-order valence-corrected chi connectivity index (χ2v) is 3.78. The Morgan fingerprint density at radius 1 is 1.40 bits per heavy atom. The van der Waals surface area contributed by atoms with Crippen molar-refractivity contribution in [1.29, 1.82) is 0 Å². The van der Waals surface area contributed by atoms with E-state index in [1.54, 1.807) is 0 Å². The molecule has 1 N–H and O–H groups in total. The van der Waals surface area contributed by atoms with E-state index in [2.05, 4.69) is 22.2 Å². The van der Waals surface area contributed by atoms with Gasteiger partial charge in [0.1, 0.15) is 0 Å². The van der Waals surface area contributed by atoms with Crippen LogP contribution in [0.2, 0.25) is 0 Å². The van der Waals surface area contributed by atoms with Crippen molar-refractivity contribution in [3.63, 3.8) is 0 Å². The van der Waals surface area contributed by atoms with Crippen LogP contribution in [0.4, 0.5) is 0 Å². The van der Waals surface area contributed by atoms with Crippen molar-refractivity contribution < 1.29 is 5.11 Å². The summed E-state index contributed by atoms with van der Waals surface area (Å²) in [6.07, 6.45) is 3.43. The number of aliphatic hydroxyl groups excluding tert-OH is 1. The van der Waals surface area contributed by atoms with Gasteiger partial charge in [-0.1, -0.05) is 23.3 Å². The Kier molecular flexibility index (Phi) is 2.90. The van der Waals surface area contributed by atoms with Crippen LogP contribution in [0.25, 0.3) is 10.4 Å². The molecule has 0 saturated heterocycles. The minimum absolute atomic E-state index is 0.136. The quantitative estimate of drug-likeness (QED) is 0.457. The van der Waals surface area contributed by atoms with Gasteiger partial charge in [0.2, 0.25) is 0 Å². The molecule has 1 atom stereocenters. The first-order chi connectivity index (χ1) is 7.35. The monoisotopic (exact) mass is 203 g/mol. The van der Waals surface area contributed by atoms with E-state index < -0.39 is 6.04 Å². The highest BCUT2D eigenvalue weighted by Crippen LogP contribution is 2.26. The molecule has 15 heavy (non-hydrogen) atoms. The minimum Gasteiger partial charge on any atom is -0.396 e. The van der Waals surface area contributed by atoms with Crippen LogP contribution in [-0.2, 0) is 12.8 Å². The molecule has 0 spiro atoms. The fourth-order valence-corrected chi connectivity index (χ4v) is 2.07. The molecule has 1 unspecified atom stereocenters. The number of benzene rings is 1. The summed E-state index contributed by atoms with van der Waals surface area (Å²) >= 11 is 0. The van der Waals surface area contributed by atoms with Gasteiger partial charge in [-0.15, -0.1) is 0 Å². The first-order valence-electron chi connectivity index (χ1n) is 5.12. The maximum absolute atomic E-state index is 9.09. The smallest absolute Gasteiger partial charge is 0.0856 e. The van der Waals surface area contributed by atoms with E-state index in [1.165, 1.54) is 17.5 Å². The van der Waals surface area contributed by atoms with Crippen LogP contribution in [0.1, 0.15) is 29.2 Å². The second-order valence-electron chi connectivity index (χ2n) is 3.78. The van der Waals surface area contributed by atoms with Gasteiger partial charge in [-0.05, 0) is 41.5 Å². The maximum atomic E-state index is 9.09. The van der Waals surface area contributed by atoms with Gasteiger partial charge in [0, 0.05) is 4.91 Å². The number of hydrogen-bond acceptors (Lipinski definition) is 2. The lowest BCUT2D eigenvalue weighted by Crippen LogP contribution is -2.00. The van der Waals surface area contributed by atoms with Gasteiger partial charge in [0.15, 0.2) is 0 Å². The summed E-state index contributed by atoms with van der Waals surface area (Å²) in [5, 5.41) is 12.7. The molecule has 0 radical (unpaired) electrons. The summed E-state index contributed by atoms with van der Waals surface area (Å²) in [4.78, 5) is 2.74. The largest absolute Gasteiger partial charge is 0.396 e. The number of nitrogens with zero attached hydrogens (tertiary/aromatic N) is 3. The third-order valence-electron chi connectivity index (χ3n) is 2.87. The average Bonchev–Trinajstić information content (AvgIpc) is 2.72. The molecule has 4 nitrogen and oxygen atoms in total. The number of aliphatic hydroxyl groups is 1. The average molecular weight is 203 g/mol. The van der Waals surface area contributed by atoms with Crippen molar-refractivity contribution in [2.75, 3.05) is 6.61 Å². The zero-order valence-corrected chi connectivity index (χ0v) is 8.43. The van der Waals surface area contributed by atoms with Crippen molar-refractivity contribution in [2.45, 2.75) is 25.3 Å². The molecular formula is C11H13N3O. The zero-order chi connectivity index (χ0) is 10.7. The van der Waals surface area contributed by atoms with Gasteiger partial charge >= 0.3 is 0 Å². The summed E-state index contributed by atoms with van der Waals surface area (Å²) in [6.45, 7) is -0.136. The summed E-state index contributed by atoms with van der Waals surface area (Å²) in [5.74, 6) is 0. The number of azide groups is 1. The van der Waals surface area contributed by atoms with Crippen LogP contribution in [0.5, 0.6) is 0 Å². The van der Waals surface area contributed by atoms with Crippen molar-refractivity contribution in [2.24, 2.45) is 5.11 Å². The van der Waals surface area contributed by atoms with E-state index in [1.807, 2.05) is 6.07 Å². The van der Waals surface area contributed by atoms with Crippen LogP contribution >= 0.6 is 0 Å². The first kappa shape index (κ1) is 10.0. The Morgan fingerprint density at radius 3 is 2.93 bits per heavy atom. The topological polar surface area (TPSA) is 69.0 Å². The van der Waals surface area contributed by atoms with Gasteiger partial charge in [-0.3, -0.25) is 0 Å². The fourth-order valence-electron chi connectivity index (χ4n) is 2.07. The molecule has 4 heteroatoms. The SMILES string of the molecule is [N-]=[N+]=NC(CO)c1ccc2c(c1)CCC2. The van der Waals surface area contributed by atoms with Crippen molar-refractivity contribution in [1.82, 2.24) is 0 Å². The Bertz CT molecular complexity index is 410. The third kappa shape index (κ3) is 1.96. The minimum atomic E-state index is -0.444. The van der Waals surface area contributed by atoms with E-state index in [-0.39, 0.29) is 6.61 Å². The normalized spacial score (nSPS) is 15.5. The summed E-state index contributed by atoms with van der Waals surface area (Å²) in [5.41, 5.74) is 12.0. The molecule has 1 aliphatic rings. The predicted octanol–water partition coefficient (Wildman–Crippen LogP) is 2.52. The van der Waals surface area contributed by atoms with E-state index in [9.17, 15) is 0 Å². The lowest BCUT2D eigenvalue weighted by atomic mass is 10.0. The third-order valence-corrected chi connectivity index (χ3v) is 2.87. The highest BCUT2D eigenvalue weighted by Gasteiger charge is 2.14. The molecule has 0 heterocycles. The van der Waals surface area contributed by atoms with Crippen LogP contribution < -0.4 is 0 Å². The lowest BCUT2D eigenvalue weighted by Gasteiger charge is -2.09. The van der Waals surface area contributed by atoms with Gasteiger partial charge in [-0.2, -0.15) is 0 Å². The Morgan fingerprint density at radius 2 is 2.20 bits per heavy atom. The molecule has 1 aromatic carbocycles. The van der Waals surface area contributed by atoms with Gasteiger partial charge < -0.3 is 5.11 Å². The second kappa shape index (κ2) is 4.34. The number of aryl methyl sites for hydroxylation is 2. The molecule has 78 valence electrons. The number of fused-ring (bicyclic) bond motifs is 1. The standard InChI is InChI=1S/C11H13N3O/c12-14-13-11(7-15)10-5-4-8-2-1-3-9(8)6-10/h4-6,11,15H,1-3,7H2. The molecule has 0 amide bonds. The van der Waals surface area contributed by atoms with E-state index in [0.717, 1.165) is 18.4 Å². The molecule has 0 aromatic heterocycles. The molecule has 0 fully saturated rings. The molecule has 0 bridgehead atoms. The fraction of sp³-hybridized carbons (Fsp3) is 0.455. The number of hydrogen-bond donors (Lipinski definition) is 1. The first-order valence-corrected chi connectivity index (χ1v) is 5.12. The zero-order valence-electron chi connectivity index (χ0n) is 8.43. The molecule has 2 rings (SSSR count). The Hall–Kier alpha value is -1.51. The Labute approximate surface area is 88.2 Å². The molecular weight excluding hydrogens is 190 g/mol. The van der Waals surface area contributed by atoms with Crippen molar-refractivity contribution in [3.8, 4) is 0 Å². The maximum Gasteiger partial charge on any atom is 0.0856 e. The Balaban J connectivity index is 2.32. The van der Waals surface area contributed by atoms with Crippen LogP contribution in [0.15, 0.2) is 23.3 Å². The summed E-state index contributed by atoms with van der Waals surface area (Å²) < 4.78 is 0. The van der Waals surface area contributed by atoms with Crippen molar-refractivity contribution in [3.05, 3.63) is 45.3 Å². The molecule has 1 aromatic rings. The highest BCUT2D eigenvalue weighted by molar-refractivity contribution is 5.36. The van der Waals surface area contributed by atoms with E-state index >= 15 is 0 Å². The van der Waals surface area contributed by atoms with Gasteiger partial charge in [-0.25, -0.2) is 0 Å². The van der Waals surface area contributed by atoms with E-state index in [4.69, 9.17) is 10.6 Å². The van der Waals surface area contributed by atoms with Crippen LogP contribution in [0, 0.1) is 0 Å². The summed E-state index contributed by atoms with van der Waals surface area (Å²) in [7, 11) is 0. The number of rotatable bonds is 3.